The minimum atomic E-state index is 0.567. The molecule has 1 fully saturated rings. The van der Waals surface area contributed by atoms with E-state index in [1.165, 1.54) is 11.3 Å². The summed E-state index contributed by atoms with van der Waals surface area (Å²) in [6, 6.07) is 16.7. The van der Waals surface area contributed by atoms with Gasteiger partial charge in [0.15, 0.2) is 0 Å². The molecule has 2 aromatic rings. The van der Waals surface area contributed by atoms with Crippen molar-refractivity contribution in [1.82, 2.24) is 5.01 Å². The van der Waals surface area contributed by atoms with Gasteiger partial charge in [0.2, 0.25) is 0 Å². The van der Waals surface area contributed by atoms with E-state index in [0.29, 0.717) is 5.92 Å². The molecule has 0 N–H and O–H groups in total. The van der Waals surface area contributed by atoms with Crippen LogP contribution in [0.25, 0.3) is 0 Å². The summed E-state index contributed by atoms with van der Waals surface area (Å²) in [5, 5.41) is 7.56. The van der Waals surface area contributed by atoms with E-state index in [4.69, 9.17) is 11.6 Å². The van der Waals surface area contributed by atoms with Crippen LogP contribution in [0.2, 0.25) is 5.02 Å². The summed E-state index contributed by atoms with van der Waals surface area (Å²) in [5.41, 5.74) is 3.75. The van der Waals surface area contributed by atoms with Crippen molar-refractivity contribution in [1.29, 1.82) is 0 Å². The molecule has 3 nitrogen and oxygen atoms in total. The fourth-order valence-electron chi connectivity index (χ4n) is 2.84. The van der Waals surface area contributed by atoms with Crippen molar-refractivity contribution in [2.24, 2.45) is 5.10 Å². The quantitative estimate of drug-likeness (QED) is 0.756. The van der Waals surface area contributed by atoms with E-state index in [0.717, 1.165) is 36.8 Å². The van der Waals surface area contributed by atoms with Crippen LogP contribution in [0.5, 0.6) is 0 Å². The third-order valence-corrected chi connectivity index (χ3v) is 4.67. The molecule has 0 radical (unpaired) electrons. The molecule has 0 saturated carbocycles. The molecule has 0 unspecified atom stereocenters. The van der Waals surface area contributed by atoms with Crippen LogP contribution in [0.15, 0.2) is 53.6 Å². The minimum Gasteiger partial charge on any atom is -0.368 e. The largest absolute Gasteiger partial charge is 0.368 e. The Morgan fingerprint density at radius 3 is 2.12 bits per heavy atom. The Bertz CT molecular complexity index is 669. The van der Waals surface area contributed by atoms with E-state index in [-0.39, 0.29) is 0 Å². The van der Waals surface area contributed by atoms with Crippen LogP contribution in [0.3, 0.4) is 0 Å². The van der Waals surface area contributed by atoms with Crippen molar-refractivity contribution in [2.75, 3.05) is 31.1 Å². The SMILES string of the molecule is CC(C)c1ccc(/C=N\N2CCN(c3ccc(Cl)cc3)CC2)cc1. The van der Waals surface area contributed by atoms with Crippen LogP contribution >= 0.6 is 11.6 Å². The van der Waals surface area contributed by atoms with Crippen molar-refractivity contribution in [3.63, 3.8) is 0 Å². The molecule has 1 aliphatic rings. The summed E-state index contributed by atoms with van der Waals surface area (Å²) in [6.07, 6.45) is 1.96. The Balaban J connectivity index is 1.54. The van der Waals surface area contributed by atoms with E-state index < -0.39 is 0 Å². The molecule has 1 saturated heterocycles. The lowest BCUT2D eigenvalue weighted by atomic mass is 10.0. The van der Waals surface area contributed by atoms with Gasteiger partial charge in [0.05, 0.1) is 19.3 Å². The molecule has 0 aliphatic carbocycles. The van der Waals surface area contributed by atoms with Crippen LogP contribution in [0.1, 0.15) is 30.9 Å². The summed E-state index contributed by atoms with van der Waals surface area (Å²) in [4.78, 5) is 2.37. The lowest BCUT2D eigenvalue weighted by Crippen LogP contribution is -2.44. The number of rotatable bonds is 4. The molecule has 1 heterocycles. The van der Waals surface area contributed by atoms with Crippen molar-refractivity contribution in [2.45, 2.75) is 19.8 Å². The molecule has 1 aliphatic heterocycles. The number of hydrogen-bond donors (Lipinski definition) is 0. The zero-order chi connectivity index (χ0) is 16.9. The van der Waals surface area contributed by atoms with E-state index in [1.54, 1.807) is 0 Å². The average molecular weight is 342 g/mol. The zero-order valence-electron chi connectivity index (χ0n) is 14.3. The van der Waals surface area contributed by atoms with Gasteiger partial charge in [-0.2, -0.15) is 5.10 Å². The molecule has 0 amide bonds. The third-order valence-electron chi connectivity index (χ3n) is 4.42. The number of piperazine rings is 1. The number of nitrogens with zero attached hydrogens (tertiary/aromatic N) is 3. The minimum absolute atomic E-state index is 0.567. The van der Waals surface area contributed by atoms with E-state index >= 15 is 0 Å². The van der Waals surface area contributed by atoms with Gasteiger partial charge in [-0.1, -0.05) is 49.7 Å². The van der Waals surface area contributed by atoms with Gasteiger partial charge in [0.1, 0.15) is 0 Å². The summed E-state index contributed by atoms with van der Waals surface area (Å²) in [7, 11) is 0. The molecular formula is C20H24ClN3. The summed E-state index contributed by atoms with van der Waals surface area (Å²) < 4.78 is 0. The highest BCUT2D eigenvalue weighted by atomic mass is 35.5. The predicted octanol–water partition coefficient (Wildman–Crippen LogP) is 4.62. The Kier molecular flexibility index (Phi) is 5.41. The highest BCUT2D eigenvalue weighted by Gasteiger charge is 2.15. The first-order chi connectivity index (χ1) is 11.6. The van der Waals surface area contributed by atoms with Gasteiger partial charge in [0, 0.05) is 23.8 Å². The Hall–Kier alpha value is -2.00. The second-order valence-electron chi connectivity index (χ2n) is 6.48. The third kappa shape index (κ3) is 4.30. The van der Waals surface area contributed by atoms with Crippen LogP contribution in [-0.4, -0.2) is 37.4 Å². The number of benzene rings is 2. The molecular weight excluding hydrogens is 318 g/mol. The second kappa shape index (κ2) is 7.71. The lowest BCUT2D eigenvalue weighted by Gasteiger charge is -2.34. The summed E-state index contributed by atoms with van der Waals surface area (Å²) >= 11 is 5.95. The maximum absolute atomic E-state index is 5.95. The molecule has 4 heteroatoms. The second-order valence-corrected chi connectivity index (χ2v) is 6.92. The topological polar surface area (TPSA) is 18.8 Å². The van der Waals surface area contributed by atoms with Crippen LogP contribution in [0.4, 0.5) is 5.69 Å². The molecule has 0 bridgehead atoms. The van der Waals surface area contributed by atoms with Crippen molar-refractivity contribution >= 4 is 23.5 Å². The molecule has 3 rings (SSSR count). The smallest absolute Gasteiger partial charge is 0.0542 e. The molecule has 0 atom stereocenters. The van der Waals surface area contributed by atoms with Crippen molar-refractivity contribution < 1.29 is 0 Å². The van der Waals surface area contributed by atoms with Gasteiger partial charge in [-0.25, -0.2) is 0 Å². The van der Waals surface area contributed by atoms with Gasteiger partial charge in [-0.3, -0.25) is 5.01 Å². The maximum atomic E-state index is 5.95. The van der Waals surface area contributed by atoms with E-state index in [2.05, 4.69) is 65.3 Å². The van der Waals surface area contributed by atoms with Gasteiger partial charge >= 0.3 is 0 Å². The van der Waals surface area contributed by atoms with Crippen LogP contribution in [-0.2, 0) is 0 Å². The molecule has 0 spiro atoms. The number of anilines is 1. The molecule has 0 aromatic heterocycles. The van der Waals surface area contributed by atoms with Gasteiger partial charge < -0.3 is 4.90 Å². The molecule has 24 heavy (non-hydrogen) atoms. The fraction of sp³-hybridized carbons (Fsp3) is 0.350. The highest BCUT2D eigenvalue weighted by Crippen LogP contribution is 2.19. The maximum Gasteiger partial charge on any atom is 0.0542 e. The monoisotopic (exact) mass is 341 g/mol. The number of hydrazone groups is 1. The first-order valence-corrected chi connectivity index (χ1v) is 8.89. The summed E-state index contributed by atoms with van der Waals surface area (Å²) in [6.45, 7) is 8.25. The lowest BCUT2D eigenvalue weighted by molar-refractivity contribution is 0.272. The van der Waals surface area contributed by atoms with Gasteiger partial charge in [-0.05, 0) is 41.3 Å². The van der Waals surface area contributed by atoms with E-state index in [1.807, 2.05) is 18.3 Å². The standard InChI is InChI=1S/C20H24ClN3/c1-16(2)18-5-3-17(4-6-18)15-22-24-13-11-23(12-14-24)20-9-7-19(21)8-10-20/h3-10,15-16H,11-14H2,1-2H3/b22-15-. The Labute approximate surface area is 149 Å². The Morgan fingerprint density at radius 1 is 0.917 bits per heavy atom. The van der Waals surface area contributed by atoms with Gasteiger partial charge in [-0.15, -0.1) is 0 Å². The first kappa shape index (κ1) is 16.8. The summed E-state index contributed by atoms with van der Waals surface area (Å²) in [5.74, 6) is 0.567. The highest BCUT2D eigenvalue weighted by molar-refractivity contribution is 6.30. The number of halogens is 1. The zero-order valence-corrected chi connectivity index (χ0v) is 15.1. The van der Waals surface area contributed by atoms with Crippen LogP contribution < -0.4 is 4.90 Å². The van der Waals surface area contributed by atoms with Crippen molar-refractivity contribution in [3.8, 4) is 0 Å². The fourth-order valence-corrected chi connectivity index (χ4v) is 2.96. The van der Waals surface area contributed by atoms with Gasteiger partial charge in [0.25, 0.3) is 0 Å². The predicted molar refractivity (Wildman–Crippen MR) is 103 cm³/mol. The van der Waals surface area contributed by atoms with E-state index in [9.17, 15) is 0 Å². The average Bonchev–Trinajstić information content (AvgIpc) is 2.61. The normalized spacial score (nSPS) is 15.5. The number of hydrogen-bond acceptors (Lipinski definition) is 3. The molecule has 2 aromatic carbocycles. The van der Waals surface area contributed by atoms with Crippen molar-refractivity contribution in [3.05, 3.63) is 64.7 Å². The van der Waals surface area contributed by atoms with Crippen LogP contribution in [0, 0.1) is 0 Å². The molecule has 126 valence electrons. The first-order valence-electron chi connectivity index (χ1n) is 8.51. The Morgan fingerprint density at radius 2 is 1.54 bits per heavy atom.